The number of nitrogens with zero attached hydrogens (tertiary/aromatic N) is 4. The van der Waals surface area contributed by atoms with Gasteiger partial charge in [0.15, 0.2) is 5.69 Å². The summed E-state index contributed by atoms with van der Waals surface area (Å²) in [6, 6.07) is 3.92. The van der Waals surface area contributed by atoms with E-state index in [0.29, 0.717) is 5.69 Å². The topological polar surface area (TPSA) is 192 Å². The highest BCUT2D eigenvalue weighted by molar-refractivity contribution is 9.10. The lowest BCUT2D eigenvalue weighted by atomic mass is 10.2. The average molecular weight is 554 g/mol. The first-order valence-corrected chi connectivity index (χ1v) is 11.3. The first-order chi connectivity index (χ1) is 15.4. The lowest BCUT2D eigenvalue weighted by molar-refractivity contribution is 0.0384. The minimum atomic E-state index is -4.60. The lowest BCUT2D eigenvalue weighted by Gasteiger charge is -2.26. The van der Waals surface area contributed by atoms with E-state index in [9.17, 15) is 22.8 Å². The number of anilines is 2. The summed E-state index contributed by atoms with van der Waals surface area (Å²) in [6.45, 7) is 3.88. The molecule has 14 nitrogen and oxygen atoms in total. The minimum absolute atomic E-state index is 0.0741. The van der Waals surface area contributed by atoms with Crippen LogP contribution >= 0.6 is 15.9 Å². The number of oxime groups is 1. The van der Waals surface area contributed by atoms with Crippen LogP contribution in [-0.2, 0) is 14.9 Å². The van der Waals surface area contributed by atoms with Crippen molar-refractivity contribution in [3.8, 4) is 0 Å². The summed E-state index contributed by atoms with van der Waals surface area (Å²) in [5.41, 5.74) is -0.768. The number of carbonyl (C=O) groups is 1. The number of carbonyl (C=O) groups excluding carboxylic acids is 1. The molecule has 2 aromatic rings. The molecule has 1 aromatic heterocycles. The van der Waals surface area contributed by atoms with E-state index < -0.39 is 34.3 Å². The summed E-state index contributed by atoms with van der Waals surface area (Å²) in [5.74, 6) is -0.809. The molecule has 0 aliphatic rings. The Balaban J connectivity index is 2.13. The van der Waals surface area contributed by atoms with Gasteiger partial charge in [-0.15, -0.1) is 0 Å². The average Bonchev–Trinajstić information content (AvgIpc) is 3.18. The number of amidine groups is 1. The Morgan fingerprint density at radius 2 is 2.06 bits per heavy atom. The van der Waals surface area contributed by atoms with Gasteiger partial charge >= 0.3 is 16.3 Å². The molecule has 0 aliphatic carbocycles. The number of aromatic nitrogens is 2. The summed E-state index contributed by atoms with van der Waals surface area (Å²) >= 11 is 3.03. The second-order valence-electron chi connectivity index (χ2n) is 7.24. The number of nitrogens with one attached hydrogen (secondary N) is 3. The highest BCUT2D eigenvalue weighted by Crippen LogP contribution is 2.21. The maximum Gasteiger partial charge on any atom is 0.425 e. The standard InChI is InChI=1S/C16H21BrFN7O7S/c1-16(2,3)31-15(26)25(33(29,30)24-28)7-6-19-13-12(22-32-23-13)14(21-27)20-9-4-5-11(18)10(17)8-9/h4-5,8,24,27-28H,6-7H2,1-3H3,(H,19,23)(H,20,21). The Morgan fingerprint density at radius 3 is 2.64 bits per heavy atom. The maximum atomic E-state index is 13.4. The molecule has 0 spiro atoms. The quantitative estimate of drug-likeness (QED) is 0.139. The van der Waals surface area contributed by atoms with Gasteiger partial charge in [-0.3, -0.25) is 0 Å². The van der Waals surface area contributed by atoms with E-state index in [1.165, 1.54) is 39.0 Å². The van der Waals surface area contributed by atoms with Crippen LogP contribution in [0, 0.1) is 5.82 Å². The van der Waals surface area contributed by atoms with Crippen LogP contribution in [0.2, 0.25) is 0 Å². The van der Waals surface area contributed by atoms with Crippen molar-refractivity contribution >= 4 is 49.6 Å². The second-order valence-corrected chi connectivity index (χ2v) is 9.67. The van der Waals surface area contributed by atoms with Crippen LogP contribution in [0.4, 0.5) is 20.7 Å². The van der Waals surface area contributed by atoms with Gasteiger partial charge in [-0.2, -0.15) is 12.7 Å². The highest BCUT2D eigenvalue weighted by Gasteiger charge is 2.31. The Bertz CT molecular complexity index is 1120. The van der Waals surface area contributed by atoms with Gasteiger partial charge in [0.1, 0.15) is 11.4 Å². The fourth-order valence-corrected chi connectivity index (χ4v) is 3.29. The van der Waals surface area contributed by atoms with Crippen LogP contribution in [0.5, 0.6) is 0 Å². The van der Waals surface area contributed by atoms with Gasteiger partial charge in [0.2, 0.25) is 11.7 Å². The maximum absolute atomic E-state index is 13.4. The van der Waals surface area contributed by atoms with Crippen molar-refractivity contribution in [2.24, 2.45) is 5.16 Å². The third kappa shape index (κ3) is 7.24. The molecule has 33 heavy (non-hydrogen) atoms. The fourth-order valence-electron chi connectivity index (χ4n) is 2.25. The van der Waals surface area contributed by atoms with Gasteiger partial charge in [-0.05, 0) is 65.2 Å². The molecule has 0 saturated heterocycles. The number of halogens is 2. The predicted molar refractivity (Wildman–Crippen MR) is 116 cm³/mol. The minimum Gasteiger partial charge on any atom is -0.443 e. The normalized spacial score (nSPS) is 12.4. The van der Waals surface area contributed by atoms with E-state index in [-0.39, 0.29) is 32.7 Å². The number of ether oxygens (including phenoxy) is 1. The van der Waals surface area contributed by atoms with Crippen molar-refractivity contribution < 1.29 is 37.4 Å². The van der Waals surface area contributed by atoms with Crippen LogP contribution in [0.1, 0.15) is 26.5 Å². The van der Waals surface area contributed by atoms with Crippen molar-refractivity contribution in [2.75, 3.05) is 23.7 Å². The molecular weight excluding hydrogens is 533 g/mol. The van der Waals surface area contributed by atoms with Gasteiger partial charge in [0, 0.05) is 12.2 Å². The number of benzene rings is 1. The number of amides is 1. The van der Waals surface area contributed by atoms with Gasteiger partial charge in [-0.1, -0.05) is 10.0 Å². The largest absolute Gasteiger partial charge is 0.443 e. The molecule has 0 fully saturated rings. The summed E-state index contributed by atoms with van der Waals surface area (Å²) in [4.78, 5) is 13.3. The number of rotatable bonds is 8. The van der Waals surface area contributed by atoms with Crippen molar-refractivity contribution in [3.05, 3.63) is 34.2 Å². The molecule has 17 heteroatoms. The molecular formula is C16H21BrFN7O7S. The van der Waals surface area contributed by atoms with E-state index >= 15 is 0 Å². The van der Waals surface area contributed by atoms with Crippen LogP contribution < -0.4 is 15.5 Å². The van der Waals surface area contributed by atoms with Crippen LogP contribution in [0.25, 0.3) is 0 Å². The molecule has 1 aromatic carbocycles. The smallest absolute Gasteiger partial charge is 0.425 e. The van der Waals surface area contributed by atoms with Crippen LogP contribution in [0.15, 0.2) is 32.5 Å². The van der Waals surface area contributed by atoms with E-state index in [0.717, 1.165) is 4.89 Å². The molecule has 0 aliphatic heterocycles. The van der Waals surface area contributed by atoms with Gasteiger partial charge < -0.3 is 25.8 Å². The molecule has 5 N–H and O–H groups in total. The van der Waals surface area contributed by atoms with Crippen LogP contribution in [-0.4, -0.2) is 64.1 Å². The first kappa shape index (κ1) is 26.2. The van der Waals surface area contributed by atoms with Crippen molar-refractivity contribution in [1.29, 1.82) is 0 Å². The number of hydrogen-bond acceptors (Lipinski definition) is 11. The lowest BCUT2D eigenvalue weighted by Crippen LogP contribution is -2.47. The summed E-state index contributed by atoms with van der Waals surface area (Å²) in [5, 5.41) is 33.9. The Kier molecular flexibility index (Phi) is 8.53. The zero-order valence-corrected chi connectivity index (χ0v) is 19.9. The van der Waals surface area contributed by atoms with Crippen LogP contribution in [0.3, 0.4) is 0 Å². The molecule has 0 saturated carbocycles. The highest BCUT2D eigenvalue weighted by atomic mass is 79.9. The Morgan fingerprint density at radius 1 is 1.36 bits per heavy atom. The second kappa shape index (κ2) is 10.7. The van der Waals surface area contributed by atoms with Gasteiger partial charge in [0.05, 0.1) is 11.0 Å². The van der Waals surface area contributed by atoms with Crippen molar-refractivity contribution in [2.45, 2.75) is 26.4 Å². The molecule has 0 unspecified atom stereocenters. The third-order valence-electron chi connectivity index (χ3n) is 3.61. The zero-order valence-electron chi connectivity index (χ0n) is 17.5. The third-order valence-corrected chi connectivity index (χ3v) is 5.36. The predicted octanol–water partition coefficient (Wildman–Crippen LogP) is 2.09. The summed E-state index contributed by atoms with van der Waals surface area (Å²) < 4.78 is 47.5. The van der Waals surface area contributed by atoms with E-state index in [2.05, 4.69) is 46.7 Å². The van der Waals surface area contributed by atoms with E-state index in [4.69, 9.17) is 9.94 Å². The molecule has 1 heterocycles. The fraction of sp³-hybridized carbons (Fsp3) is 0.375. The Hall–Kier alpha value is -3.02. The first-order valence-electron chi connectivity index (χ1n) is 9.05. The zero-order chi connectivity index (χ0) is 24.8. The SMILES string of the molecule is CC(C)(C)OC(=O)N(CCNc1nonc1/C(=N/O)Nc1ccc(F)c(Br)c1)S(=O)(=O)NO. The monoisotopic (exact) mass is 553 g/mol. The van der Waals surface area contributed by atoms with Crippen molar-refractivity contribution in [1.82, 2.24) is 19.5 Å². The van der Waals surface area contributed by atoms with Crippen molar-refractivity contribution in [3.63, 3.8) is 0 Å². The van der Waals surface area contributed by atoms with Gasteiger partial charge in [0.25, 0.3) is 0 Å². The molecule has 2 rings (SSSR count). The van der Waals surface area contributed by atoms with E-state index in [1.54, 1.807) is 0 Å². The molecule has 0 radical (unpaired) electrons. The molecule has 182 valence electrons. The van der Waals surface area contributed by atoms with Gasteiger partial charge in [-0.25, -0.2) is 13.8 Å². The molecule has 1 amide bonds. The summed E-state index contributed by atoms with van der Waals surface area (Å²) in [7, 11) is -4.60. The number of hydrogen-bond donors (Lipinski definition) is 5. The Labute approximate surface area is 196 Å². The summed E-state index contributed by atoms with van der Waals surface area (Å²) in [6.07, 6.45) is -1.23. The molecule has 0 bridgehead atoms. The molecule has 0 atom stereocenters. The van der Waals surface area contributed by atoms with E-state index in [1.807, 2.05) is 0 Å².